The lowest BCUT2D eigenvalue weighted by atomic mass is 10.2. The number of benzene rings is 4. The van der Waals surface area contributed by atoms with Gasteiger partial charge in [0.1, 0.15) is 18.1 Å². The first kappa shape index (κ1) is 33.0. The number of hydrogen-bond donors (Lipinski definition) is 2. The highest BCUT2D eigenvalue weighted by Gasteiger charge is 2.34. The van der Waals surface area contributed by atoms with E-state index < -0.39 is 51.6 Å². The maximum atomic E-state index is 13.4. The Morgan fingerprint density at radius 3 is 2.22 bits per heavy atom. The average Bonchev–Trinajstić information content (AvgIpc) is 3.01. The quantitative estimate of drug-likeness (QED) is 0.119. The van der Waals surface area contributed by atoms with Crippen LogP contribution in [0.5, 0.6) is 5.75 Å². The van der Waals surface area contributed by atoms with Crippen molar-refractivity contribution < 1.29 is 40.3 Å². The van der Waals surface area contributed by atoms with Crippen LogP contribution in [0.2, 0.25) is 5.02 Å². The smallest absolute Gasteiger partial charge is 0.416 e. The highest BCUT2D eigenvalue weighted by atomic mass is 35.5. The van der Waals surface area contributed by atoms with E-state index in [1.807, 2.05) is 0 Å². The van der Waals surface area contributed by atoms with E-state index in [2.05, 4.69) is 15.8 Å². The topological polar surface area (TPSA) is 117 Å². The fourth-order valence-corrected chi connectivity index (χ4v) is 5.50. The Bertz CT molecular complexity index is 1790. The molecular formula is C30H23ClF4N4O5S. The van der Waals surface area contributed by atoms with Crippen molar-refractivity contribution in [1.82, 2.24) is 5.43 Å². The molecule has 0 radical (unpaired) electrons. The first-order valence-corrected chi connectivity index (χ1v) is 14.7. The molecule has 0 bridgehead atoms. The molecule has 0 aliphatic heterocycles. The largest absolute Gasteiger partial charge is 0.484 e. The summed E-state index contributed by atoms with van der Waals surface area (Å²) < 4.78 is 86.0. The maximum Gasteiger partial charge on any atom is 0.416 e. The van der Waals surface area contributed by atoms with Crippen LogP contribution < -0.4 is 19.8 Å². The minimum absolute atomic E-state index is 0.273. The molecule has 15 heteroatoms. The molecule has 4 aromatic rings. The SMILES string of the molecule is O=C(CN(c1cc(C(F)(F)F)ccc1Cl)S(=O)(=O)c1ccccc1)N/N=C\c1ccc(OCC(=O)Nc2ccc(F)cc2)cc1. The second kappa shape index (κ2) is 14.2. The lowest BCUT2D eigenvalue weighted by Gasteiger charge is -2.25. The number of alkyl halides is 3. The van der Waals surface area contributed by atoms with E-state index in [1.165, 1.54) is 66.9 Å². The van der Waals surface area contributed by atoms with Crippen LogP contribution >= 0.6 is 11.6 Å². The summed E-state index contributed by atoms with van der Waals surface area (Å²) in [7, 11) is -4.54. The number of hydrazone groups is 1. The number of carbonyl (C=O) groups excluding carboxylic acids is 2. The van der Waals surface area contributed by atoms with E-state index in [0.717, 1.165) is 6.07 Å². The van der Waals surface area contributed by atoms with Gasteiger partial charge < -0.3 is 10.1 Å². The van der Waals surface area contributed by atoms with Crippen molar-refractivity contribution in [2.45, 2.75) is 11.1 Å². The molecule has 4 aromatic carbocycles. The number of nitrogens with one attached hydrogen (secondary N) is 2. The molecule has 0 fully saturated rings. The molecule has 0 spiro atoms. The van der Waals surface area contributed by atoms with Gasteiger partial charge in [-0.25, -0.2) is 18.2 Å². The molecule has 234 valence electrons. The molecule has 0 aliphatic carbocycles. The van der Waals surface area contributed by atoms with E-state index in [9.17, 15) is 35.6 Å². The zero-order valence-corrected chi connectivity index (χ0v) is 24.5. The summed E-state index contributed by atoms with van der Waals surface area (Å²) in [5.74, 6) is -1.54. The van der Waals surface area contributed by atoms with Crippen molar-refractivity contribution in [1.29, 1.82) is 0 Å². The number of nitrogens with zero attached hydrogens (tertiary/aromatic N) is 2. The summed E-state index contributed by atoms with van der Waals surface area (Å²) >= 11 is 6.12. The lowest BCUT2D eigenvalue weighted by Crippen LogP contribution is -2.40. The highest BCUT2D eigenvalue weighted by Crippen LogP contribution is 2.37. The number of hydrogen-bond acceptors (Lipinski definition) is 6. The number of anilines is 2. The van der Waals surface area contributed by atoms with Crippen LogP contribution in [0.1, 0.15) is 11.1 Å². The van der Waals surface area contributed by atoms with Crippen LogP contribution in [0.15, 0.2) is 107 Å². The summed E-state index contributed by atoms with van der Waals surface area (Å²) in [6.07, 6.45) is -3.57. The molecule has 0 unspecified atom stereocenters. The van der Waals surface area contributed by atoms with Gasteiger partial charge in [0.2, 0.25) is 0 Å². The zero-order valence-electron chi connectivity index (χ0n) is 23.0. The third kappa shape index (κ3) is 9.03. The minimum Gasteiger partial charge on any atom is -0.484 e. The van der Waals surface area contributed by atoms with Gasteiger partial charge >= 0.3 is 6.18 Å². The fraction of sp³-hybridized carbons (Fsp3) is 0.100. The minimum atomic E-state index is -4.80. The van der Waals surface area contributed by atoms with E-state index in [1.54, 1.807) is 18.2 Å². The van der Waals surface area contributed by atoms with Crippen LogP contribution in [0.4, 0.5) is 28.9 Å². The zero-order chi connectivity index (χ0) is 32.6. The predicted octanol–water partition coefficient (Wildman–Crippen LogP) is 5.86. The van der Waals surface area contributed by atoms with Gasteiger partial charge in [0.15, 0.2) is 6.61 Å². The van der Waals surface area contributed by atoms with Gasteiger partial charge in [0.05, 0.1) is 27.4 Å². The second-order valence-corrected chi connectivity index (χ2v) is 11.5. The number of halogens is 5. The average molecular weight is 663 g/mol. The van der Waals surface area contributed by atoms with Crippen LogP contribution in [0.3, 0.4) is 0 Å². The number of carbonyl (C=O) groups is 2. The number of amides is 2. The maximum absolute atomic E-state index is 13.4. The van der Waals surface area contributed by atoms with Gasteiger partial charge in [-0.3, -0.25) is 13.9 Å². The van der Waals surface area contributed by atoms with Crippen molar-refractivity contribution in [2.75, 3.05) is 22.8 Å². The van der Waals surface area contributed by atoms with Gasteiger partial charge in [-0.1, -0.05) is 29.8 Å². The molecule has 0 aromatic heterocycles. The molecule has 2 amide bonds. The summed E-state index contributed by atoms with van der Waals surface area (Å²) in [5.41, 5.74) is 1.33. The number of sulfonamides is 1. The summed E-state index contributed by atoms with van der Waals surface area (Å²) in [6, 6.07) is 20.4. The van der Waals surface area contributed by atoms with Crippen LogP contribution in [-0.2, 0) is 25.8 Å². The molecule has 0 atom stereocenters. The third-order valence-corrected chi connectivity index (χ3v) is 8.04. The number of ether oxygens (including phenoxy) is 1. The van der Waals surface area contributed by atoms with E-state index in [-0.39, 0.29) is 16.5 Å². The van der Waals surface area contributed by atoms with Gasteiger partial charge in [-0.15, -0.1) is 0 Å². The molecule has 4 rings (SSSR count). The Hall–Kier alpha value is -4.95. The molecule has 0 saturated carbocycles. The Morgan fingerprint density at radius 1 is 0.911 bits per heavy atom. The standard InChI is InChI=1S/C30H23ClF4N4O5S/c31-26-15-8-21(30(33,34)35)16-27(26)39(45(42,43)25-4-2-1-3-5-25)18-28(40)38-36-17-20-6-13-24(14-7-20)44-19-29(41)37-23-11-9-22(32)10-12-23/h1-17H,18-19H2,(H,37,41)(H,38,40)/b36-17-. The molecule has 0 saturated heterocycles. The first-order chi connectivity index (χ1) is 21.3. The highest BCUT2D eigenvalue weighted by molar-refractivity contribution is 7.92. The van der Waals surface area contributed by atoms with Crippen molar-refractivity contribution in [3.8, 4) is 5.75 Å². The second-order valence-electron chi connectivity index (χ2n) is 9.19. The monoisotopic (exact) mass is 662 g/mol. The molecule has 0 heterocycles. The molecule has 9 nitrogen and oxygen atoms in total. The van der Waals surface area contributed by atoms with Gasteiger partial charge in [0, 0.05) is 5.69 Å². The summed E-state index contributed by atoms with van der Waals surface area (Å²) in [6.45, 7) is -1.26. The van der Waals surface area contributed by atoms with Crippen molar-refractivity contribution in [3.63, 3.8) is 0 Å². The lowest BCUT2D eigenvalue weighted by molar-refractivity contribution is -0.137. The molecule has 0 aliphatic rings. The first-order valence-electron chi connectivity index (χ1n) is 12.9. The molecule has 2 N–H and O–H groups in total. The summed E-state index contributed by atoms with van der Waals surface area (Å²) in [5, 5.41) is 6.02. The Kier molecular flexibility index (Phi) is 10.4. The van der Waals surface area contributed by atoms with E-state index in [0.29, 0.717) is 33.4 Å². The number of rotatable bonds is 11. The summed E-state index contributed by atoms with van der Waals surface area (Å²) in [4.78, 5) is 24.5. The Balaban J connectivity index is 1.41. The Labute approximate surface area is 260 Å². The molecule has 45 heavy (non-hydrogen) atoms. The van der Waals surface area contributed by atoms with Gasteiger partial charge in [-0.05, 0) is 84.4 Å². The van der Waals surface area contributed by atoms with Gasteiger partial charge in [-0.2, -0.15) is 18.3 Å². The fourth-order valence-electron chi connectivity index (χ4n) is 3.77. The molecular weight excluding hydrogens is 640 g/mol. The third-order valence-electron chi connectivity index (χ3n) is 5.94. The van der Waals surface area contributed by atoms with Crippen LogP contribution in [0.25, 0.3) is 0 Å². The predicted molar refractivity (Wildman–Crippen MR) is 160 cm³/mol. The Morgan fingerprint density at radius 2 is 1.58 bits per heavy atom. The van der Waals surface area contributed by atoms with Crippen LogP contribution in [0, 0.1) is 5.82 Å². The van der Waals surface area contributed by atoms with Crippen LogP contribution in [-0.4, -0.2) is 39.6 Å². The van der Waals surface area contributed by atoms with E-state index in [4.69, 9.17) is 16.3 Å². The normalized spacial score (nSPS) is 11.7. The van der Waals surface area contributed by atoms with Crippen molar-refractivity contribution in [2.24, 2.45) is 5.10 Å². The van der Waals surface area contributed by atoms with Crippen molar-refractivity contribution in [3.05, 3.63) is 119 Å². The van der Waals surface area contributed by atoms with E-state index >= 15 is 0 Å². The van der Waals surface area contributed by atoms with Crippen molar-refractivity contribution >= 4 is 51.0 Å². The van der Waals surface area contributed by atoms with Gasteiger partial charge in [0.25, 0.3) is 21.8 Å².